The van der Waals surface area contributed by atoms with Crippen LogP contribution >= 0.6 is 0 Å². The van der Waals surface area contributed by atoms with Gasteiger partial charge in [-0.2, -0.15) is 0 Å². The van der Waals surface area contributed by atoms with Crippen molar-refractivity contribution in [3.63, 3.8) is 0 Å². The van der Waals surface area contributed by atoms with E-state index >= 15 is 0 Å². The van der Waals surface area contributed by atoms with Crippen LogP contribution in [-0.4, -0.2) is 18.4 Å². The Kier molecular flexibility index (Phi) is 13.2. The molecule has 0 rings (SSSR count). The number of hydrogen-bond acceptors (Lipinski definition) is 3. The molecule has 0 aliphatic heterocycles. The summed E-state index contributed by atoms with van der Waals surface area (Å²) in [5, 5.41) is 0. The summed E-state index contributed by atoms with van der Waals surface area (Å²) < 4.78 is 5.47. The third kappa shape index (κ3) is 8.55. The van der Waals surface area contributed by atoms with Gasteiger partial charge in [0, 0.05) is 12.3 Å². The lowest BCUT2D eigenvalue weighted by Gasteiger charge is -2.24. The van der Waals surface area contributed by atoms with Crippen molar-refractivity contribution in [1.82, 2.24) is 0 Å². The van der Waals surface area contributed by atoms with Crippen molar-refractivity contribution in [3.05, 3.63) is 0 Å². The lowest BCUT2D eigenvalue weighted by molar-refractivity contribution is -0.153. The van der Waals surface area contributed by atoms with Crippen LogP contribution in [0.3, 0.4) is 0 Å². The lowest BCUT2D eigenvalue weighted by Crippen LogP contribution is -2.31. The van der Waals surface area contributed by atoms with E-state index in [2.05, 4.69) is 20.8 Å². The van der Waals surface area contributed by atoms with Crippen LogP contribution in [0.2, 0.25) is 0 Å². The molecule has 130 valence electrons. The minimum absolute atomic E-state index is 0.145. The van der Waals surface area contributed by atoms with E-state index in [0.717, 1.165) is 44.9 Å². The van der Waals surface area contributed by atoms with Gasteiger partial charge in [0.25, 0.3) is 0 Å². The molecule has 0 spiro atoms. The van der Waals surface area contributed by atoms with E-state index in [1.807, 2.05) is 6.92 Å². The zero-order valence-electron chi connectivity index (χ0n) is 15.2. The van der Waals surface area contributed by atoms with Gasteiger partial charge in [0.15, 0.2) is 0 Å². The number of esters is 1. The van der Waals surface area contributed by atoms with E-state index in [-0.39, 0.29) is 23.6 Å². The first kappa shape index (κ1) is 21.1. The molecule has 3 heteroatoms. The van der Waals surface area contributed by atoms with Gasteiger partial charge < -0.3 is 4.74 Å². The van der Waals surface area contributed by atoms with Crippen LogP contribution in [-0.2, 0) is 14.3 Å². The first-order chi connectivity index (χ1) is 10.6. The number of ether oxygens (including phenoxy) is 1. The summed E-state index contributed by atoms with van der Waals surface area (Å²) in [7, 11) is 0. The summed E-state index contributed by atoms with van der Waals surface area (Å²) in [6.45, 7) is 8.82. The first-order valence-electron chi connectivity index (χ1n) is 9.31. The molecular formula is C19H36O3. The Morgan fingerprint density at radius 1 is 0.773 bits per heavy atom. The van der Waals surface area contributed by atoms with Gasteiger partial charge in [-0.15, -0.1) is 0 Å². The summed E-state index contributed by atoms with van der Waals surface area (Å²) in [5.41, 5.74) is 0. The molecule has 0 aliphatic rings. The summed E-state index contributed by atoms with van der Waals surface area (Å²) in [4.78, 5) is 24.8. The fourth-order valence-corrected chi connectivity index (χ4v) is 2.93. The Morgan fingerprint density at radius 3 is 1.95 bits per heavy atom. The van der Waals surface area contributed by atoms with E-state index in [4.69, 9.17) is 4.74 Å². The second kappa shape index (κ2) is 13.8. The van der Waals surface area contributed by atoms with Crippen LogP contribution in [0, 0.1) is 11.8 Å². The smallest absolute Gasteiger partial charge is 0.309 e. The SMILES string of the molecule is CCCCCCOC(=O)C(CCC)C(CCC)C(=O)CCC. The molecule has 0 fully saturated rings. The van der Waals surface area contributed by atoms with Crippen LogP contribution < -0.4 is 0 Å². The number of carbonyl (C=O) groups excluding carboxylic acids is 2. The predicted octanol–water partition coefficient (Wildman–Crippen LogP) is 5.31. The highest BCUT2D eigenvalue weighted by molar-refractivity contribution is 5.86. The van der Waals surface area contributed by atoms with Crippen molar-refractivity contribution in [2.45, 2.75) is 91.9 Å². The Hall–Kier alpha value is -0.860. The minimum atomic E-state index is -0.241. The quantitative estimate of drug-likeness (QED) is 0.322. The molecule has 0 bridgehead atoms. The first-order valence-corrected chi connectivity index (χ1v) is 9.31. The number of ketones is 1. The van der Waals surface area contributed by atoms with Crippen molar-refractivity contribution in [1.29, 1.82) is 0 Å². The molecule has 0 radical (unpaired) electrons. The average molecular weight is 312 g/mol. The van der Waals surface area contributed by atoms with E-state index < -0.39 is 0 Å². The molecule has 22 heavy (non-hydrogen) atoms. The molecule has 2 unspecified atom stereocenters. The number of hydrogen-bond donors (Lipinski definition) is 0. The highest BCUT2D eigenvalue weighted by Crippen LogP contribution is 2.26. The highest BCUT2D eigenvalue weighted by atomic mass is 16.5. The molecular weight excluding hydrogens is 276 g/mol. The summed E-state index contributed by atoms with van der Waals surface area (Å²) in [5.74, 6) is -0.296. The average Bonchev–Trinajstić information content (AvgIpc) is 2.50. The highest BCUT2D eigenvalue weighted by Gasteiger charge is 2.32. The Balaban J connectivity index is 4.61. The maximum atomic E-state index is 12.4. The molecule has 0 heterocycles. The molecule has 0 aromatic rings. The standard InChI is InChI=1S/C19H36O3/c1-5-9-10-11-15-22-19(21)17(13-7-3)16(12-6-2)18(20)14-8-4/h16-17H,5-15H2,1-4H3. The van der Waals surface area contributed by atoms with Crippen LogP contribution in [0.15, 0.2) is 0 Å². The van der Waals surface area contributed by atoms with Gasteiger partial charge in [-0.1, -0.05) is 59.8 Å². The zero-order valence-corrected chi connectivity index (χ0v) is 15.2. The normalized spacial score (nSPS) is 13.6. The van der Waals surface area contributed by atoms with E-state index in [1.54, 1.807) is 0 Å². The molecule has 3 nitrogen and oxygen atoms in total. The summed E-state index contributed by atoms with van der Waals surface area (Å²) in [6, 6.07) is 0. The molecule has 0 aromatic carbocycles. The Labute approximate surface area is 137 Å². The largest absolute Gasteiger partial charge is 0.465 e. The van der Waals surface area contributed by atoms with E-state index in [1.165, 1.54) is 12.8 Å². The third-order valence-corrected chi connectivity index (χ3v) is 4.14. The van der Waals surface area contributed by atoms with Gasteiger partial charge >= 0.3 is 5.97 Å². The third-order valence-electron chi connectivity index (χ3n) is 4.14. The fraction of sp³-hybridized carbons (Fsp3) is 0.895. The number of carbonyl (C=O) groups is 2. The number of Topliss-reactive ketones (excluding diaryl/α,β-unsaturated/α-hetero) is 1. The van der Waals surface area contributed by atoms with Gasteiger partial charge in [-0.25, -0.2) is 0 Å². The van der Waals surface area contributed by atoms with Gasteiger partial charge in [-0.05, 0) is 25.7 Å². The number of unbranched alkanes of at least 4 members (excludes halogenated alkanes) is 3. The predicted molar refractivity (Wildman–Crippen MR) is 91.8 cm³/mol. The van der Waals surface area contributed by atoms with Gasteiger partial charge in [0.1, 0.15) is 5.78 Å². The zero-order chi connectivity index (χ0) is 16.8. The molecule has 0 aliphatic carbocycles. The Bertz CT molecular complexity index is 299. The van der Waals surface area contributed by atoms with Gasteiger partial charge in [-0.3, -0.25) is 9.59 Å². The molecule has 2 atom stereocenters. The van der Waals surface area contributed by atoms with Crippen molar-refractivity contribution in [3.8, 4) is 0 Å². The van der Waals surface area contributed by atoms with Crippen molar-refractivity contribution in [2.75, 3.05) is 6.61 Å². The maximum absolute atomic E-state index is 12.4. The molecule has 0 N–H and O–H groups in total. The molecule has 0 aromatic heterocycles. The van der Waals surface area contributed by atoms with Crippen molar-refractivity contribution in [2.24, 2.45) is 11.8 Å². The van der Waals surface area contributed by atoms with Crippen LogP contribution in [0.5, 0.6) is 0 Å². The second-order valence-electron chi connectivity index (χ2n) is 6.23. The van der Waals surface area contributed by atoms with E-state index in [0.29, 0.717) is 13.0 Å². The minimum Gasteiger partial charge on any atom is -0.465 e. The second-order valence-corrected chi connectivity index (χ2v) is 6.23. The van der Waals surface area contributed by atoms with Crippen molar-refractivity contribution >= 4 is 11.8 Å². The summed E-state index contributed by atoms with van der Waals surface area (Å²) >= 11 is 0. The molecule has 0 amide bonds. The van der Waals surface area contributed by atoms with Crippen molar-refractivity contribution < 1.29 is 14.3 Å². The Morgan fingerprint density at radius 2 is 1.41 bits per heavy atom. The monoisotopic (exact) mass is 312 g/mol. The fourth-order valence-electron chi connectivity index (χ4n) is 2.93. The van der Waals surface area contributed by atoms with Gasteiger partial charge in [0.05, 0.1) is 12.5 Å². The molecule has 0 saturated heterocycles. The van der Waals surface area contributed by atoms with Crippen LogP contribution in [0.4, 0.5) is 0 Å². The maximum Gasteiger partial charge on any atom is 0.309 e. The summed E-state index contributed by atoms with van der Waals surface area (Å²) in [6.07, 6.45) is 9.23. The van der Waals surface area contributed by atoms with Crippen LogP contribution in [0.1, 0.15) is 91.9 Å². The van der Waals surface area contributed by atoms with Crippen LogP contribution in [0.25, 0.3) is 0 Å². The lowest BCUT2D eigenvalue weighted by atomic mass is 9.81. The van der Waals surface area contributed by atoms with E-state index in [9.17, 15) is 9.59 Å². The topological polar surface area (TPSA) is 43.4 Å². The molecule has 0 saturated carbocycles. The van der Waals surface area contributed by atoms with Gasteiger partial charge in [0.2, 0.25) is 0 Å². The number of rotatable bonds is 14.